The summed E-state index contributed by atoms with van der Waals surface area (Å²) in [6, 6.07) is 1.39. The maximum atomic E-state index is 11.5. The van der Waals surface area contributed by atoms with Crippen LogP contribution in [0.3, 0.4) is 0 Å². The molecule has 0 fully saturated rings. The minimum atomic E-state index is -0.381. The van der Waals surface area contributed by atoms with Gasteiger partial charge < -0.3 is 15.0 Å². The number of carbonyl (C=O) groups is 1. The molecule has 0 aliphatic heterocycles. The summed E-state index contributed by atoms with van der Waals surface area (Å²) in [6.45, 7) is 2.58. The summed E-state index contributed by atoms with van der Waals surface area (Å²) in [4.78, 5) is 25.7. The Labute approximate surface area is 87.5 Å². The molecule has 0 saturated heterocycles. The lowest BCUT2D eigenvalue weighted by atomic mass is 10.2. The second-order valence-corrected chi connectivity index (χ2v) is 3.14. The highest BCUT2D eigenvalue weighted by molar-refractivity contribution is 5.93. The lowest BCUT2D eigenvalue weighted by Gasteiger charge is -2.03. The van der Waals surface area contributed by atoms with E-state index in [0.29, 0.717) is 13.2 Å². The van der Waals surface area contributed by atoms with Crippen molar-refractivity contribution in [3.8, 4) is 0 Å². The van der Waals surface area contributed by atoms with Crippen LogP contribution in [0.5, 0.6) is 0 Å². The lowest BCUT2D eigenvalue weighted by Crippen LogP contribution is -2.31. The van der Waals surface area contributed by atoms with Gasteiger partial charge in [0.15, 0.2) is 5.43 Å². The van der Waals surface area contributed by atoms with Gasteiger partial charge in [-0.05, 0) is 6.92 Å². The van der Waals surface area contributed by atoms with Crippen LogP contribution in [0.4, 0.5) is 0 Å². The molecule has 0 aliphatic rings. The van der Waals surface area contributed by atoms with E-state index in [4.69, 9.17) is 4.74 Å². The number of methoxy groups -OCH3 is 1. The molecule has 82 valence electrons. The molecule has 0 atom stereocenters. The first kappa shape index (κ1) is 11.5. The molecule has 0 unspecified atom stereocenters. The first-order chi connectivity index (χ1) is 7.15. The number of carbonyl (C=O) groups excluding carboxylic acids is 1. The van der Waals surface area contributed by atoms with Gasteiger partial charge in [0.05, 0.1) is 6.61 Å². The molecule has 15 heavy (non-hydrogen) atoms. The molecule has 0 aromatic carbocycles. The first-order valence-electron chi connectivity index (χ1n) is 4.61. The number of aryl methyl sites for hydroxylation is 1. The number of hydrogen-bond donors (Lipinski definition) is 2. The van der Waals surface area contributed by atoms with E-state index in [-0.39, 0.29) is 16.9 Å². The van der Waals surface area contributed by atoms with E-state index in [1.165, 1.54) is 12.3 Å². The second kappa shape index (κ2) is 5.31. The number of aromatic nitrogens is 1. The van der Waals surface area contributed by atoms with Crippen LogP contribution in [0.15, 0.2) is 17.1 Å². The number of rotatable bonds is 4. The number of H-pyrrole nitrogens is 1. The summed E-state index contributed by atoms with van der Waals surface area (Å²) in [5.41, 5.74) is 0.575. The van der Waals surface area contributed by atoms with Crippen molar-refractivity contribution in [2.45, 2.75) is 6.92 Å². The van der Waals surface area contributed by atoms with Gasteiger partial charge in [-0.25, -0.2) is 0 Å². The van der Waals surface area contributed by atoms with Crippen LogP contribution in [-0.4, -0.2) is 31.2 Å². The van der Waals surface area contributed by atoms with E-state index in [1.807, 2.05) is 0 Å². The summed E-state index contributed by atoms with van der Waals surface area (Å²) in [7, 11) is 1.55. The fourth-order valence-electron chi connectivity index (χ4n) is 1.11. The maximum absolute atomic E-state index is 11.5. The minimum absolute atomic E-state index is 0.122. The molecule has 0 radical (unpaired) electrons. The summed E-state index contributed by atoms with van der Waals surface area (Å²) in [6.07, 6.45) is 1.42. The third kappa shape index (κ3) is 3.21. The van der Waals surface area contributed by atoms with Crippen LogP contribution in [-0.2, 0) is 4.74 Å². The van der Waals surface area contributed by atoms with Crippen LogP contribution in [0.1, 0.15) is 16.1 Å². The quantitative estimate of drug-likeness (QED) is 0.690. The van der Waals surface area contributed by atoms with Crippen LogP contribution < -0.4 is 10.7 Å². The fourth-order valence-corrected chi connectivity index (χ4v) is 1.11. The van der Waals surface area contributed by atoms with Crippen molar-refractivity contribution in [1.29, 1.82) is 0 Å². The van der Waals surface area contributed by atoms with Gasteiger partial charge in [0, 0.05) is 31.6 Å². The predicted octanol–water partition coefficient (Wildman–Crippen LogP) is 0.0595. The van der Waals surface area contributed by atoms with Crippen LogP contribution in [0.25, 0.3) is 0 Å². The number of ether oxygens (including phenoxy) is 1. The minimum Gasteiger partial charge on any atom is -0.383 e. The maximum Gasteiger partial charge on any atom is 0.256 e. The molecule has 2 N–H and O–H groups in total. The van der Waals surface area contributed by atoms with Gasteiger partial charge in [-0.1, -0.05) is 0 Å². The van der Waals surface area contributed by atoms with Crippen molar-refractivity contribution in [3.63, 3.8) is 0 Å². The summed E-state index contributed by atoms with van der Waals surface area (Å²) >= 11 is 0. The van der Waals surface area contributed by atoms with Crippen molar-refractivity contribution >= 4 is 5.91 Å². The van der Waals surface area contributed by atoms with Crippen molar-refractivity contribution in [2.24, 2.45) is 0 Å². The molecule has 1 rings (SSSR count). The normalized spacial score (nSPS) is 10.0. The summed E-state index contributed by atoms with van der Waals surface area (Å²) in [5.74, 6) is -0.381. The van der Waals surface area contributed by atoms with Crippen LogP contribution in [0.2, 0.25) is 0 Å². The fraction of sp³-hybridized carbons (Fsp3) is 0.400. The number of aromatic amines is 1. The zero-order valence-corrected chi connectivity index (χ0v) is 8.79. The molecule has 5 heteroatoms. The lowest BCUT2D eigenvalue weighted by molar-refractivity contribution is 0.0935. The van der Waals surface area contributed by atoms with Crippen molar-refractivity contribution in [2.75, 3.05) is 20.3 Å². The monoisotopic (exact) mass is 210 g/mol. The molecular formula is C10H14N2O3. The third-order valence-corrected chi connectivity index (χ3v) is 1.89. The number of amides is 1. The zero-order valence-electron chi connectivity index (χ0n) is 8.79. The molecule has 1 aromatic rings. The predicted molar refractivity (Wildman–Crippen MR) is 56.0 cm³/mol. The molecule has 0 aliphatic carbocycles. The Hall–Kier alpha value is -1.62. The molecule has 1 heterocycles. The molecular weight excluding hydrogens is 196 g/mol. The zero-order chi connectivity index (χ0) is 11.3. The van der Waals surface area contributed by atoms with Gasteiger partial charge in [0.1, 0.15) is 5.56 Å². The molecule has 0 spiro atoms. The van der Waals surface area contributed by atoms with E-state index in [2.05, 4.69) is 10.3 Å². The van der Waals surface area contributed by atoms with Gasteiger partial charge in [0.25, 0.3) is 5.91 Å². The Morgan fingerprint density at radius 3 is 2.93 bits per heavy atom. The van der Waals surface area contributed by atoms with E-state index in [1.54, 1.807) is 14.0 Å². The standard InChI is InChI=1S/C10H14N2O3/c1-7-5-9(13)8(6-12-7)10(14)11-3-4-15-2/h5-6H,3-4H2,1-2H3,(H,11,14)(H,12,13). The van der Waals surface area contributed by atoms with Gasteiger partial charge in [0.2, 0.25) is 0 Å². The smallest absolute Gasteiger partial charge is 0.256 e. The summed E-state index contributed by atoms with van der Waals surface area (Å²) < 4.78 is 4.78. The highest BCUT2D eigenvalue weighted by atomic mass is 16.5. The van der Waals surface area contributed by atoms with Crippen molar-refractivity contribution < 1.29 is 9.53 Å². The number of hydrogen-bond acceptors (Lipinski definition) is 3. The van der Waals surface area contributed by atoms with Crippen molar-refractivity contribution in [3.05, 3.63) is 33.7 Å². The molecule has 5 nitrogen and oxygen atoms in total. The van der Waals surface area contributed by atoms with Crippen LogP contribution >= 0.6 is 0 Å². The van der Waals surface area contributed by atoms with E-state index < -0.39 is 0 Å². The van der Waals surface area contributed by atoms with E-state index in [9.17, 15) is 9.59 Å². The van der Waals surface area contributed by atoms with Gasteiger partial charge in [-0.2, -0.15) is 0 Å². The largest absolute Gasteiger partial charge is 0.383 e. The number of nitrogens with one attached hydrogen (secondary N) is 2. The molecule has 1 aromatic heterocycles. The highest BCUT2D eigenvalue weighted by Gasteiger charge is 2.08. The Balaban J connectivity index is 2.70. The molecule has 0 saturated carbocycles. The van der Waals surface area contributed by atoms with Crippen molar-refractivity contribution in [1.82, 2.24) is 10.3 Å². The summed E-state index contributed by atoms with van der Waals surface area (Å²) in [5, 5.41) is 2.58. The Morgan fingerprint density at radius 1 is 1.60 bits per heavy atom. The number of pyridine rings is 1. The molecule has 1 amide bonds. The Morgan fingerprint density at radius 2 is 2.33 bits per heavy atom. The van der Waals surface area contributed by atoms with Crippen LogP contribution in [0, 0.1) is 6.92 Å². The third-order valence-electron chi connectivity index (χ3n) is 1.89. The highest BCUT2D eigenvalue weighted by Crippen LogP contribution is 1.91. The Kier molecular flexibility index (Phi) is 4.05. The average Bonchev–Trinajstić information content (AvgIpc) is 2.17. The average molecular weight is 210 g/mol. The van der Waals surface area contributed by atoms with Gasteiger partial charge in [-0.3, -0.25) is 9.59 Å². The second-order valence-electron chi connectivity index (χ2n) is 3.14. The SMILES string of the molecule is COCCNC(=O)c1c[nH]c(C)cc1=O. The topological polar surface area (TPSA) is 71.2 Å². The van der Waals surface area contributed by atoms with Gasteiger partial charge in [-0.15, -0.1) is 0 Å². The molecule has 0 bridgehead atoms. The van der Waals surface area contributed by atoms with E-state index >= 15 is 0 Å². The first-order valence-corrected chi connectivity index (χ1v) is 4.61. The van der Waals surface area contributed by atoms with E-state index in [0.717, 1.165) is 5.69 Å². The van der Waals surface area contributed by atoms with Gasteiger partial charge >= 0.3 is 0 Å². The Bertz CT molecular complexity index is 398.